The van der Waals surface area contributed by atoms with Gasteiger partial charge in [-0.1, -0.05) is 6.07 Å². The third-order valence-electron chi connectivity index (χ3n) is 6.11. The van der Waals surface area contributed by atoms with Crippen molar-refractivity contribution in [1.82, 2.24) is 19.5 Å². The van der Waals surface area contributed by atoms with Crippen LogP contribution < -0.4 is 11.2 Å². The molecular formula is C23H22F3N7S. The molecule has 0 radical (unpaired) electrons. The van der Waals surface area contributed by atoms with E-state index in [0.29, 0.717) is 21.7 Å². The number of benzene rings is 1. The van der Waals surface area contributed by atoms with E-state index in [1.807, 2.05) is 12.1 Å². The van der Waals surface area contributed by atoms with Crippen LogP contribution in [0.1, 0.15) is 29.0 Å². The van der Waals surface area contributed by atoms with Gasteiger partial charge in [-0.05, 0) is 42.7 Å². The van der Waals surface area contributed by atoms with E-state index >= 15 is 0 Å². The number of nitrogens with zero attached hydrogens (tertiary/aromatic N) is 5. The van der Waals surface area contributed by atoms with Crippen LogP contribution in [0.3, 0.4) is 0 Å². The average molecular weight is 486 g/mol. The summed E-state index contributed by atoms with van der Waals surface area (Å²) < 4.78 is 39.7. The number of anilines is 1. The molecular weight excluding hydrogens is 463 g/mol. The summed E-state index contributed by atoms with van der Waals surface area (Å²) in [5.74, 6) is 6.54. The summed E-state index contributed by atoms with van der Waals surface area (Å²) in [6, 6.07) is 11.7. The summed E-state index contributed by atoms with van der Waals surface area (Å²) >= 11 is 1.06. The number of halogens is 3. The van der Waals surface area contributed by atoms with Crippen LogP contribution >= 0.6 is 11.3 Å². The zero-order valence-electron chi connectivity index (χ0n) is 18.1. The quantitative estimate of drug-likeness (QED) is 0.407. The number of nitrogens with two attached hydrogens (primary N) is 1. The Hall–Kier alpha value is -3.36. The maximum Gasteiger partial charge on any atom is 0.393 e. The van der Waals surface area contributed by atoms with Crippen LogP contribution in [-0.4, -0.2) is 44.9 Å². The number of nitrogens with one attached hydrogen (secondary N) is 1. The number of fused-ring (bicyclic) bond motifs is 2. The fraction of sp³-hybridized carbons (Fsp3) is 0.348. The van der Waals surface area contributed by atoms with E-state index in [-0.39, 0.29) is 10.9 Å². The highest BCUT2D eigenvalue weighted by Gasteiger charge is 2.29. The fourth-order valence-corrected chi connectivity index (χ4v) is 5.49. The lowest BCUT2D eigenvalue weighted by molar-refractivity contribution is -0.126. The molecule has 0 atom stereocenters. The van der Waals surface area contributed by atoms with E-state index in [2.05, 4.69) is 32.3 Å². The lowest BCUT2D eigenvalue weighted by Gasteiger charge is -2.32. The monoisotopic (exact) mass is 485 g/mol. The number of nitriles is 1. The fourth-order valence-electron chi connectivity index (χ4n) is 4.46. The first kappa shape index (κ1) is 22.4. The number of aromatic nitrogens is 3. The van der Waals surface area contributed by atoms with Crippen LogP contribution in [0.4, 0.5) is 19.0 Å². The topological polar surface area (TPSA) is 95.8 Å². The maximum absolute atomic E-state index is 12.8. The molecule has 1 fully saturated rings. The molecule has 0 unspecified atom stereocenters. The largest absolute Gasteiger partial charge is 0.393 e. The number of likely N-dealkylation sites (tertiary alicyclic amines) is 1. The maximum atomic E-state index is 12.8. The van der Waals surface area contributed by atoms with Crippen molar-refractivity contribution in [3.63, 3.8) is 0 Å². The van der Waals surface area contributed by atoms with Crippen molar-refractivity contribution in [3.05, 3.63) is 52.8 Å². The molecule has 1 aromatic carbocycles. The molecule has 176 valence electrons. The lowest BCUT2D eigenvalue weighted by Crippen LogP contribution is -2.38. The molecule has 3 aromatic heterocycles. The lowest BCUT2D eigenvalue weighted by atomic mass is 10.0. The van der Waals surface area contributed by atoms with Gasteiger partial charge in [-0.2, -0.15) is 18.4 Å². The zero-order valence-corrected chi connectivity index (χ0v) is 19.0. The highest BCUT2D eigenvalue weighted by molar-refractivity contribution is 7.18. The second-order valence-electron chi connectivity index (χ2n) is 8.55. The van der Waals surface area contributed by atoms with Crippen molar-refractivity contribution in [2.24, 2.45) is 0 Å². The number of nitrogen functional groups attached to an aromatic ring is 1. The molecule has 0 saturated carbocycles. The normalized spacial score (nSPS) is 15.7. The predicted molar refractivity (Wildman–Crippen MR) is 126 cm³/mol. The Morgan fingerprint density at radius 2 is 1.97 bits per heavy atom. The van der Waals surface area contributed by atoms with Crippen LogP contribution in [0.5, 0.6) is 0 Å². The number of hydrogen-bond donors (Lipinski definition) is 2. The van der Waals surface area contributed by atoms with Gasteiger partial charge in [0.15, 0.2) is 0 Å². The number of alkyl halides is 3. The number of hydrogen-bond acceptors (Lipinski definition) is 7. The minimum absolute atomic E-state index is 0.187. The first-order valence-electron chi connectivity index (χ1n) is 10.9. The first-order valence-corrected chi connectivity index (χ1v) is 11.7. The third kappa shape index (κ3) is 4.64. The Morgan fingerprint density at radius 3 is 2.71 bits per heavy atom. The Bertz CT molecular complexity index is 1380. The number of rotatable bonds is 5. The molecule has 0 bridgehead atoms. The van der Waals surface area contributed by atoms with E-state index in [0.717, 1.165) is 60.3 Å². The molecule has 11 heteroatoms. The summed E-state index contributed by atoms with van der Waals surface area (Å²) in [7, 11) is 0. The molecule has 0 aliphatic carbocycles. The van der Waals surface area contributed by atoms with E-state index in [9.17, 15) is 13.2 Å². The molecule has 0 amide bonds. The minimum Gasteiger partial charge on any atom is -0.367 e. The summed E-state index contributed by atoms with van der Waals surface area (Å²) in [6.07, 6.45) is -2.01. The van der Waals surface area contributed by atoms with Gasteiger partial charge in [-0.15, -0.1) is 11.3 Å². The molecule has 1 aliphatic heterocycles. The van der Waals surface area contributed by atoms with Crippen LogP contribution in [0.15, 0.2) is 36.7 Å². The second kappa shape index (κ2) is 8.77. The molecule has 3 N–H and O–H groups in total. The zero-order chi connectivity index (χ0) is 23.9. The van der Waals surface area contributed by atoms with Crippen LogP contribution in [0.2, 0.25) is 0 Å². The van der Waals surface area contributed by atoms with Gasteiger partial charge in [0.2, 0.25) is 0 Å². The summed E-state index contributed by atoms with van der Waals surface area (Å²) in [5, 5.41) is 14.2. The van der Waals surface area contributed by atoms with E-state index < -0.39 is 12.6 Å². The van der Waals surface area contributed by atoms with E-state index in [1.54, 1.807) is 12.1 Å². The Balaban J connectivity index is 1.22. The van der Waals surface area contributed by atoms with Crippen molar-refractivity contribution >= 4 is 38.3 Å². The number of thiophene rings is 1. The molecule has 7 nitrogen and oxygen atoms in total. The second-order valence-corrected chi connectivity index (χ2v) is 9.66. The summed E-state index contributed by atoms with van der Waals surface area (Å²) in [6.45, 7) is 2.56. The summed E-state index contributed by atoms with van der Waals surface area (Å²) in [5.41, 5.74) is 2.40. The Kier molecular flexibility index (Phi) is 5.79. The van der Waals surface area contributed by atoms with Crippen LogP contribution in [-0.2, 0) is 13.0 Å². The Labute approximate surface area is 197 Å². The predicted octanol–water partition coefficient (Wildman–Crippen LogP) is 4.41. The van der Waals surface area contributed by atoms with Crippen molar-refractivity contribution < 1.29 is 13.2 Å². The van der Waals surface area contributed by atoms with Crippen LogP contribution in [0.25, 0.3) is 21.1 Å². The first-order chi connectivity index (χ1) is 16.3. The molecule has 1 saturated heterocycles. The van der Waals surface area contributed by atoms with Gasteiger partial charge in [0.25, 0.3) is 0 Å². The van der Waals surface area contributed by atoms with Crippen molar-refractivity contribution in [3.8, 4) is 6.07 Å². The Morgan fingerprint density at radius 1 is 1.18 bits per heavy atom. The van der Waals surface area contributed by atoms with Gasteiger partial charge in [0.1, 0.15) is 28.7 Å². The standard InChI is InChI=1S/C23H22F3N7S/c24-23(25,26)10-18-9-19-21(29-13-30-22(19)34-18)31-16-3-5-32(6-4-16)12-14-1-2-20-15(7-14)8-17(11-27)33(20)28/h1-2,7-9,13,16H,3-6,10,12,28H2,(H,29,30,31). The molecule has 34 heavy (non-hydrogen) atoms. The molecule has 5 rings (SSSR count). The van der Waals surface area contributed by atoms with Gasteiger partial charge in [0.05, 0.1) is 17.3 Å². The van der Waals surface area contributed by atoms with Gasteiger partial charge >= 0.3 is 6.18 Å². The molecule has 4 aromatic rings. The van der Waals surface area contributed by atoms with E-state index in [4.69, 9.17) is 11.1 Å². The van der Waals surface area contributed by atoms with Crippen LogP contribution in [0, 0.1) is 11.3 Å². The minimum atomic E-state index is -4.24. The van der Waals surface area contributed by atoms with Gasteiger partial charge < -0.3 is 11.2 Å². The molecule has 1 aliphatic rings. The molecule has 4 heterocycles. The van der Waals surface area contributed by atoms with Gasteiger partial charge in [-0.25, -0.2) is 9.97 Å². The van der Waals surface area contributed by atoms with Gasteiger partial charge in [0, 0.05) is 35.9 Å². The highest BCUT2D eigenvalue weighted by Crippen LogP contribution is 2.33. The van der Waals surface area contributed by atoms with Crippen molar-refractivity contribution in [2.75, 3.05) is 24.2 Å². The summed E-state index contributed by atoms with van der Waals surface area (Å²) in [4.78, 5) is 11.6. The number of piperidine rings is 1. The average Bonchev–Trinajstić information content (AvgIpc) is 3.34. The van der Waals surface area contributed by atoms with E-state index in [1.165, 1.54) is 11.0 Å². The SMILES string of the molecule is N#Cc1cc2cc(CN3CCC(Nc4ncnc5sc(CC(F)(F)F)cc45)CC3)ccc2n1N. The smallest absolute Gasteiger partial charge is 0.367 e. The van der Waals surface area contributed by atoms with Crippen molar-refractivity contribution in [1.29, 1.82) is 5.26 Å². The molecule has 0 spiro atoms. The third-order valence-corrected chi connectivity index (χ3v) is 7.15. The van der Waals surface area contributed by atoms with Gasteiger partial charge in [-0.3, -0.25) is 9.58 Å². The highest BCUT2D eigenvalue weighted by atomic mass is 32.1. The van der Waals surface area contributed by atoms with Crippen molar-refractivity contribution in [2.45, 2.75) is 38.0 Å².